The van der Waals surface area contributed by atoms with Crippen LogP contribution in [0.5, 0.6) is 5.75 Å². The molecular formula is C8H8O5. The van der Waals surface area contributed by atoms with E-state index < -0.39 is 11.6 Å². The van der Waals surface area contributed by atoms with Crippen LogP contribution in [0.4, 0.5) is 0 Å². The van der Waals surface area contributed by atoms with Crippen LogP contribution >= 0.6 is 0 Å². The number of hydrogen-bond acceptors (Lipinski definition) is 5. The molecule has 0 saturated carbocycles. The summed E-state index contributed by atoms with van der Waals surface area (Å²) in [6.07, 6.45) is 0. The maximum Gasteiger partial charge on any atom is 0.379 e. The van der Waals surface area contributed by atoms with Gasteiger partial charge in [0.25, 0.3) is 0 Å². The van der Waals surface area contributed by atoms with Crippen molar-refractivity contribution < 1.29 is 18.7 Å². The first kappa shape index (κ1) is 9.31. The van der Waals surface area contributed by atoms with Crippen LogP contribution in [-0.2, 0) is 4.74 Å². The SMILES string of the molecule is COC(=O)c1ccc(OC)c(=O)o1. The molecule has 0 atom stereocenters. The van der Waals surface area contributed by atoms with Gasteiger partial charge >= 0.3 is 11.6 Å². The smallest absolute Gasteiger partial charge is 0.379 e. The minimum absolute atomic E-state index is 0.0488. The molecule has 1 aromatic rings. The van der Waals surface area contributed by atoms with Gasteiger partial charge in [0.15, 0.2) is 0 Å². The molecule has 0 amide bonds. The molecule has 0 aliphatic carbocycles. The second-order valence-corrected chi connectivity index (χ2v) is 2.15. The van der Waals surface area contributed by atoms with Crippen LogP contribution in [0.25, 0.3) is 0 Å². The average Bonchev–Trinajstić information content (AvgIpc) is 2.16. The van der Waals surface area contributed by atoms with Gasteiger partial charge in [-0.3, -0.25) is 0 Å². The predicted molar refractivity (Wildman–Crippen MR) is 42.9 cm³/mol. The lowest BCUT2D eigenvalue weighted by Crippen LogP contribution is -2.09. The lowest BCUT2D eigenvalue weighted by Gasteiger charge is -1.98. The molecule has 0 unspecified atom stereocenters. The van der Waals surface area contributed by atoms with Gasteiger partial charge in [-0.25, -0.2) is 9.59 Å². The van der Waals surface area contributed by atoms with E-state index in [0.717, 1.165) is 0 Å². The summed E-state index contributed by atoms with van der Waals surface area (Å²) in [5.41, 5.74) is -0.703. The summed E-state index contributed by atoms with van der Waals surface area (Å²) in [7, 11) is 2.54. The Morgan fingerprint density at radius 3 is 2.54 bits per heavy atom. The zero-order valence-corrected chi connectivity index (χ0v) is 7.20. The summed E-state index contributed by atoms with van der Waals surface area (Å²) in [5.74, 6) is -0.791. The summed E-state index contributed by atoms with van der Waals surface area (Å²) in [5, 5.41) is 0. The third-order valence-corrected chi connectivity index (χ3v) is 1.40. The van der Waals surface area contributed by atoms with Gasteiger partial charge in [-0.1, -0.05) is 0 Å². The van der Waals surface area contributed by atoms with Gasteiger partial charge in [0, 0.05) is 0 Å². The Morgan fingerprint density at radius 1 is 1.38 bits per heavy atom. The van der Waals surface area contributed by atoms with Crippen LogP contribution in [-0.4, -0.2) is 20.2 Å². The average molecular weight is 184 g/mol. The zero-order chi connectivity index (χ0) is 9.84. The molecule has 0 bridgehead atoms. The summed E-state index contributed by atoms with van der Waals surface area (Å²) in [6.45, 7) is 0. The summed E-state index contributed by atoms with van der Waals surface area (Å²) >= 11 is 0. The number of rotatable bonds is 2. The fourth-order valence-corrected chi connectivity index (χ4v) is 0.765. The monoisotopic (exact) mass is 184 g/mol. The third kappa shape index (κ3) is 1.87. The van der Waals surface area contributed by atoms with Gasteiger partial charge in [-0.2, -0.15) is 0 Å². The third-order valence-electron chi connectivity index (χ3n) is 1.40. The number of ether oxygens (including phenoxy) is 2. The summed E-state index contributed by atoms with van der Waals surface area (Å²) in [4.78, 5) is 21.9. The van der Waals surface area contributed by atoms with Crippen LogP contribution in [0.1, 0.15) is 10.6 Å². The largest absolute Gasteiger partial charge is 0.490 e. The van der Waals surface area contributed by atoms with Gasteiger partial charge in [-0.15, -0.1) is 0 Å². The van der Waals surface area contributed by atoms with E-state index >= 15 is 0 Å². The zero-order valence-electron chi connectivity index (χ0n) is 7.20. The highest BCUT2D eigenvalue weighted by atomic mass is 16.5. The molecule has 0 radical (unpaired) electrons. The molecule has 0 saturated heterocycles. The highest BCUT2D eigenvalue weighted by molar-refractivity contribution is 5.85. The lowest BCUT2D eigenvalue weighted by molar-refractivity contribution is 0.0558. The van der Waals surface area contributed by atoms with Crippen molar-refractivity contribution in [3.8, 4) is 5.75 Å². The quantitative estimate of drug-likeness (QED) is 0.624. The highest BCUT2D eigenvalue weighted by Crippen LogP contribution is 2.05. The van der Waals surface area contributed by atoms with Crippen molar-refractivity contribution in [2.75, 3.05) is 14.2 Å². The molecule has 0 aliphatic rings. The van der Waals surface area contributed by atoms with E-state index in [1.807, 2.05) is 0 Å². The van der Waals surface area contributed by atoms with E-state index in [2.05, 4.69) is 13.9 Å². The second-order valence-electron chi connectivity index (χ2n) is 2.15. The number of methoxy groups -OCH3 is 2. The maximum atomic E-state index is 11.0. The molecule has 0 spiro atoms. The van der Waals surface area contributed by atoms with Crippen molar-refractivity contribution in [2.45, 2.75) is 0 Å². The van der Waals surface area contributed by atoms with E-state index in [1.54, 1.807) is 0 Å². The van der Waals surface area contributed by atoms with E-state index in [0.29, 0.717) is 0 Å². The van der Waals surface area contributed by atoms with E-state index in [9.17, 15) is 9.59 Å². The molecule has 5 nitrogen and oxygen atoms in total. The molecule has 13 heavy (non-hydrogen) atoms. The number of carbonyl (C=O) groups is 1. The molecule has 1 heterocycles. The molecule has 0 aliphatic heterocycles. The topological polar surface area (TPSA) is 65.7 Å². The molecule has 0 aromatic carbocycles. The number of carbonyl (C=O) groups excluding carboxylic acids is 1. The minimum Gasteiger partial charge on any atom is -0.490 e. The van der Waals surface area contributed by atoms with Crippen LogP contribution in [0.3, 0.4) is 0 Å². The first-order valence-electron chi connectivity index (χ1n) is 3.45. The fraction of sp³-hybridized carbons (Fsp3) is 0.250. The van der Waals surface area contributed by atoms with Gasteiger partial charge in [0.1, 0.15) is 0 Å². The van der Waals surface area contributed by atoms with Gasteiger partial charge in [-0.05, 0) is 12.1 Å². The standard InChI is InChI=1S/C8H8O5/c1-11-5-3-4-6(7(9)12-2)13-8(5)10/h3-4H,1-2H3. The minimum atomic E-state index is -0.703. The maximum absolute atomic E-state index is 11.0. The Labute approximate surface area is 73.9 Å². The van der Waals surface area contributed by atoms with Crippen LogP contribution in [0, 0.1) is 0 Å². The number of esters is 1. The molecule has 1 aromatic heterocycles. The van der Waals surface area contributed by atoms with Crippen molar-refractivity contribution in [1.82, 2.24) is 0 Å². The van der Waals surface area contributed by atoms with Crippen molar-refractivity contribution >= 4 is 5.97 Å². The molecule has 0 fully saturated rings. The molecule has 0 N–H and O–H groups in total. The van der Waals surface area contributed by atoms with Crippen molar-refractivity contribution in [3.05, 3.63) is 28.3 Å². The molecule has 70 valence electrons. The second kappa shape index (κ2) is 3.75. The lowest BCUT2D eigenvalue weighted by atomic mass is 10.4. The Morgan fingerprint density at radius 2 is 2.08 bits per heavy atom. The van der Waals surface area contributed by atoms with E-state index in [1.165, 1.54) is 26.4 Å². The van der Waals surface area contributed by atoms with Crippen molar-refractivity contribution in [3.63, 3.8) is 0 Å². The summed E-state index contributed by atoms with van der Waals surface area (Å²) in [6, 6.07) is 2.66. The van der Waals surface area contributed by atoms with Gasteiger partial charge in [0.2, 0.25) is 11.5 Å². The first-order valence-corrected chi connectivity index (χ1v) is 3.45. The van der Waals surface area contributed by atoms with E-state index in [4.69, 9.17) is 0 Å². The van der Waals surface area contributed by atoms with Crippen molar-refractivity contribution in [1.29, 1.82) is 0 Å². The Hall–Kier alpha value is -1.78. The van der Waals surface area contributed by atoms with Gasteiger partial charge < -0.3 is 13.9 Å². The van der Waals surface area contributed by atoms with Crippen LogP contribution in [0.2, 0.25) is 0 Å². The number of hydrogen-bond donors (Lipinski definition) is 0. The highest BCUT2D eigenvalue weighted by Gasteiger charge is 2.10. The predicted octanol–water partition coefficient (Wildman–Crippen LogP) is 0.435. The Bertz CT molecular complexity index is 365. The van der Waals surface area contributed by atoms with E-state index in [-0.39, 0.29) is 11.5 Å². The van der Waals surface area contributed by atoms with Crippen LogP contribution in [0.15, 0.2) is 21.3 Å². The molecule has 1 rings (SSSR count). The molecule has 5 heteroatoms. The van der Waals surface area contributed by atoms with Crippen molar-refractivity contribution in [2.24, 2.45) is 0 Å². The normalized spacial score (nSPS) is 9.38. The Balaban J connectivity index is 3.10. The Kier molecular flexibility index (Phi) is 2.69. The summed E-state index contributed by atoms with van der Waals surface area (Å²) < 4.78 is 13.6. The molecular weight excluding hydrogens is 176 g/mol. The fourth-order valence-electron chi connectivity index (χ4n) is 0.765. The van der Waals surface area contributed by atoms with Gasteiger partial charge in [0.05, 0.1) is 14.2 Å². The first-order chi connectivity index (χ1) is 6.19. The van der Waals surface area contributed by atoms with Crippen LogP contribution < -0.4 is 10.4 Å².